The number of thiol groups is 1. The fourth-order valence-electron chi connectivity index (χ4n) is 1.74. The van der Waals surface area contributed by atoms with Crippen LogP contribution in [0.5, 0.6) is 0 Å². The monoisotopic (exact) mass is 255 g/mol. The van der Waals surface area contributed by atoms with Gasteiger partial charge >= 0.3 is 6.09 Å². The highest BCUT2D eigenvalue weighted by Crippen LogP contribution is 2.25. The van der Waals surface area contributed by atoms with E-state index >= 15 is 0 Å². The van der Waals surface area contributed by atoms with Crippen LogP contribution in [0.4, 0.5) is 16.3 Å². The van der Waals surface area contributed by atoms with Gasteiger partial charge in [-0.15, -0.1) is 12.6 Å². The Morgan fingerprint density at radius 3 is 2.59 bits per heavy atom. The summed E-state index contributed by atoms with van der Waals surface area (Å²) in [5, 5.41) is 9.28. The molecule has 92 valence electrons. The van der Waals surface area contributed by atoms with Gasteiger partial charge in [-0.05, 0) is 0 Å². The van der Waals surface area contributed by atoms with E-state index < -0.39 is 6.09 Å². The topological polar surface area (TPSA) is 95.6 Å². The van der Waals surface area contributed by atoms with Crippen molar-refractivity contribution in [3.8, 4) is 0 Å². The lowest BCUT2D eigenvalue weighted by Crippen LogP contribution is -2.48. The number of nitrogens with zero attached hydrogens (tertiary/aromatic N) is 4. The molecule has 0 aliphatic carbocycles. The number of amides is 1. The molecule has 0 spiro atoms. The molecular weight excluding hydrogens is 242 g/mol. The lowest BCUT2D eigenvalue weighted by atomic mass is 10.3. The van der Waals surface area contributed by atoms with Crippen LogP contribution in [-0.4, -0.2) is 52.2 Å². The van der Waals surface area contributed by atoms with E-state index in [0.29, 0.717) is 42.7 Å². The number of carboxylic acid groups (broad SMARTS) is 1. The highest BCUT2D eigenvalue weighted by Gasteiger charge is 2.22. The minimum Gasteiger partial charge on any atom is -0.465 e. The van der Waals surface area contributed by atoms with Crippen molar-refractivity contribution in [2.24, 2.45) is 0 Å². The first-order valence-corrected chi connectivity index (χ1v) is 5.56. The number of piperazine rings is 1. The average molecular weight is 255 g/mol. The Hall–Kier alpha value is -1.70. The van der Waals surface area contributed by atoms with Gasteiger partial charge < -0.3 is 20.6 Å². The van der Waals surface area contributed by atoms with E-state index in [-0.39, 0.29) is 0 Å². The molecule has 1 aromatic heterocycles. The van der Waals surface area contributed by atoms with Crippen LogP contribution >= 0.6 is 12.6 Å². The fourth-order valence-corrected chi connectivity index (χ4v) is 1.89. The summed E-state index contributed by atoms with van der Waals surface area (Å²) < 4.78 is 0. The number of rotatable bonds is 1. The number of anilines is 2. The molecule has 7 nitrogen and oxygen atoms in total. The predicted octanol–water partition coefficient (Wildman–Crippen LogP) is 0.147. The van der Waals surface area contributed by atoms with E-state index in [1.54, 1.807) is 0 Å². The molecule has 0 atom stereocenters. The van der Waals surface area contributed by atoms with Crippen molar-refractivity contribution in [2.75, 3.05) is 36.8 Å². The third kappa shape index (κ3) is 2.36. The molecule has 3 N–H and O–H groups in total. The Morgan fingerprint density at radius 1 is 1.35 bits per heavy atom. The first-order valence-electron chi connectivity index (χ1n) is 5.12. The highest BCUT2D eigenvalue weighted by molar-refractivity contribution is 7.80. The SMILES string of the molecule is Nc1c(S)ncnc1N1CCN(C(=O)O)CC1. The van der Waals surface area contributed by atoms with Crippen molar-refractivity contribution in [2.45, 2.75) is 5.03 Å². The smallest absolute Gasteiger partial charge is 0.407 e. The van der Waals surface area contributed by atoms with Crippen molar-refractivity contribution in [3.05, 3.63) is 6.33 Å². The number of carbonyl (C=O) groups is 1. The molecule has 2 heterocycles. The second-order valence-electron chi connectivity index (χ2n) is 3.69. The molecule has 2 rings (SSSR count). The number of nitrogen functional groups attached to an aromatic ring is 1. The Labute approximate surface area is 104 Å². The standard InChI is InChI=1S/C9H13N5O2S/c10-6-7(11-5-12-8(6)17)13-1-3-14(4-2-13)9(15)16/h5H,1-4,10H2,(H,15,16)(H,11,12,17). The second-order valence-corrected chi connectivity index (χ2v) is 4.11. The predicted molar refractivity (Wildman–Crippen MR) is 65.5 cm³/mol. The van der Waals surface area contributed by atoms with Crippen molar-refractivity contribution in [3.63, 3.8) is 0 Å². The number of hydrogen-bond acceptors (Lipinski definition) is 6. The zero-order chi connectivity index (χ0) is 12.4. The van der Waals surface area contributed by atoms with Gasteiger partial charge in [-0.2, -0.15) is 0 Å². The van der Waals surface area contributed by atoms with Crippen molar-refractivity contribution in [1.82, 2.24) is 14.9 Å². The fraction of sp³-hybridized carbons (Fsp3) is 0.444. The van der Waals surface area contributed by atoms with Gasteiger partial charge in [0.05, 0.1) is 0 Å². The van der Waals surface area contributed by atoms with E-state index in [9.17, 15) is 4.79 Å². The van der Waals surface area contributed by atoms with Crippen molar-refractivity contribution >= 4 is 30.2 Å². The van der Waals surface area contributed by atoms with E-state index in [1.807, 2.05) is 4.90 Å². The quantitative estimate of drug-likeness (QED) is 0.488. The van der Waals surface area contributed by atoms with Gasteiger partial charge in [0.15, 0.2) is 5.82 Å². The Balaban J connectivity index is 2.10. The van der Waals surface area contributed by atoms with Gasteiger partial charge in [0.1, 0.15) is 17.0 Å². The van der Waals surface area contributed by atoms with Gasteiger partial charge in [0.25, 0.3) is 0 Å². The van der Waals surface area contributed by atoms with Crippen LogP contribution < -0.4 is 10.6 Å². The summed E-state index contributed by atoms with van der Waals surface area (Å²) in [4.78, 5) is 22.1. The molecule has 0 radical (unpaired) electrons. The van der Waals surface area contributed by atoms with E-state index in [4.69, 9.17) is 10.8 Å². The van der Waals surface area contributed by atoms with Crippen LogP contribution in [0.1, 0.15) is 0 Å². The van der Waals surface area contributed by atoms with Gasteiger partial charge in [-0.1, -0.05) is 0 Å². The van der Waals surface area contributed by atoms with Gasteiger partial charge in [-0.3, -0.25) is 0 Å². The minimum atomic E-state index is -0.893. The van der Waals surface area contributed by atoms with Crippen molar-refractivity contribution < 1.29 is 9.90 Å². The molecule has 17 heavy (non-hydrogen) atoms. The van der Waals surface area contributed by atoms with Crippen LogP contribution in [0.3, 0.4) is 0 Å². The maximum Gasteiger partial charge on any atom is 0.407 e. The molecule has 1 saturated heterocycles. The Kier molecular flexibility index (Phi) is 3.23. The highest BCUT2D eigenvalue weighted by atomic mass is 32.1. The summed E-state index contributed by atoms with van der Waals surface area (Å²) in [6.07, 6.45) is 0.507. The van der Waals surface area contributed by atoms with Gasteiger partial charge in [0.2, 0.25) is 0 Å². The molecule has 0 saturated carbocycles. The van der Waals surface area contributed by atoms with E-state index in [2.05, 4.69) is 22.6 Å². The summed E-state index contributed by atoms with van der Waals surface area (Å²) in [5.41, 5.74) is 6.27. The van der Waals surface area contributed by atoms with E-state index in [0.717, 1.165) is 0 Å². The Bertz CT molecular complexity index is 433. The van der Waals surface area contributed by atoms with Gasteiger partial charge in [0, 0.05) is 26.2 Å². The van der Waals surface area contributed by atoms with E-state index in [1.165, 1.54) is 11.2 Å². The maximum absolute atomic E-state index is 10.8. The summed E-state index contributed by atoms with van der Waals surface area (Å²) in [5.74, 6) is 0.620. The normalized spacial score (nSPS) is 16.1. The van der Waals surface area contributed by atoms with Crippen LogP contribution in [-0.2, 0) is 0 Å². The summed E-state index contributed by atoms with van der Waals surface area (Å²) >= 11 is 4.13. The second kappa shape index (κ2) is 4.66. The zero-order valence-electron chi connectivity index (χ0n) is 9.07. The van der Waals surface area contributed by atoms with Crippen LogP contribution in [0.2, 0.25) is 0 Å². The minimum absolute atomic E-state index is 0.430. The van der Waals surface area contributed by atoms with Gasteiger partial charge in [-0.25, -0.2) is 14.8 Å². The average Bonchev–Trinajstić information content (AvgIpc) is 2.33. The molecule has 1 aliphatic rings. The van der Waals surface area contributed by atoms with Crippen LogP contribution in [0.25, 0.3) is 0 Å². The number of hydrogen-bond donors (Lipinski definition) is 3. The lowest BCUT2D eigenvalue weighted by Gasteiger charge is -2.34. The maximum atomic E-state index is 10.8. The molecule has 0 unspecified atom stereocenters. The van der Waals surface area contributed by atoms with Crippen LogP contribution in [0, 0.1) is 0 Å². The molecule has 1 aromatic rings. The summed E-state index contributed by atoms with van der Waals surface area (Å²) in [6, 6.07) is 0. The summed E-state index contributed by atoms with van der Waals surface area (Å²) in [7, 11) is 0. The lowest BCUT2D eigenvalue weighted by molar-refractivity contribution is 0.142. The largest absolute Gasteiger partial charge is 0.465 e. The molecule has 1 fully saturated rings. The summed E-state index contributed by atoms with van der Waals surface area (Å²) in [6.45, 7) is 2.03. The van der Waals surface area contributed by atoms with Crippen molar-refractivity contribution in [1.29, 1.82) is 0 Å². The number of nitrogens with two attached hydrogens (primary N) is 1. The third-order valence-corrected chi connectivity index (χ3v) is 3.05. The first kappa shape index (κ1) is 11.8. The zero-order valence-corrected chi connectivity index (χ0v) is 9.97. The molecular formula is C9H13N5O2S. The third-order valence-electron chi connectivity index (χ3n) is 2.69. The molecule has 1 aliphatic heterocycles. The number of aromatic nitrogens is 2. The van der Waals surface area contributed by atoms with Crippen LogP contribution in [0.15, 0.2) is 11.4 Å². The first-order chi connectivity index (χ1) is 8.09. The molecule has 1 amide bonds. The molecule has 0 aromatic carbocycles. The Morgan fingerprint density at radius 2 is 2.00 bits per heavy atom. The molecule has 8 heteroatoms. The molecule has 0 bridgehead atoms.